The Hall–Kier alpha value is -2.10. The van der Waals surface area contributed by atoms with Crippen LogP contribution in [0.4, 0.5) is 5.82 Å². The van der Waals surface area contributed by atoms with Gasteiger partial charge in [0.1, 0.15) is 5.82 Å². The lowest BCUT2D eigenvalue weighted by Crippen LogP contribution is -2.16. The van der Waals surface area contributed by atoms with Gasteiger partial charge in [0.2, 0.25) is 0 Å². The summed E-state index contributed by atoms with van der Waals surface area (Å²) < 4.78 is 0. The lowest BCUT2D eigenvalue weighted by Gasteiger charge is -2.25. The molecule has 0 bridgehead atoms. The van der Waals surface area contributed by atoms with Crippen molar-refractivity contribution in [1.82, 2.24) is 4.98 Å². The number of nitrogens with zero attached hydrogens (tertiary/aromatic N) is 1. The summed E-state index contributed by atoms with van der Waals surface area (Å²) >= 11 is 0. The Labute approximate surface area is 117 Å². The number of anilines is 1. The van der Waals surface area contributed by atoms with E-state index in [4.69, 9.17) is 5.11 Å². The van der Waals surface area contributed by atoms with Crippen LogP contribution < -0.4 is 5.32 Å². The van der Waals surface area contributed by atoms with Crippen LogP contribution in [0.3, 0.4) is 0 Å². The first-order chi connectivity index (χ1) is 9.74. The molecule has 0 unspecified atom stereocenters. The molecule has 0 atom stereocenters. The summed E-state index contributed by atoms with van der Waals surface area (Å²) in [4.78, 5) is 15.4. The zero-order valence-corrected chi connectivity index (χ0v) is 11.3. The van der Waals surface area contributed by atoms with E-state index in [0.717, 1.165) is 29.7 Å². The molecule has 3 rings (SSSR count). The molecule has 0 aliphatic heterocycles. The normalized spacial score (nSPS) is 15.0. The predicted octanol–water partition coefficient (Wildman–Crippen LogP) is 3.54. The molecule has 0 radical (unpaired) electrons. The SMILES string of the molecule is O=C(O)c1cc2ccccc2c(NCCC2CCC2)n1. The summed E-state index contributed by atoms with van der Waals surface area (Å²) in [7, 11) is 0. The van der Waals surface area contributed by atoms with Crippen LogP contribution in [-0.4, -0.2) is 22.6 Å². The molecule has 4 nitrogen and oxygen atoms in total. The van der Waals surface area contributed by atoms with Crippen LogP contribution in [0.15, 0.2) is 30.3 Å². The van der Waals surface area contributed by atoms with Gasteiger partial charge >= 0.3 is 5.97 Å². The Morgan fingerprint density at radius 2 is 2.15 bits per heavy atom. The monoisotopic (exact) mass is 270 g/mol. The molecule has 104 valence electrons. The molecule has 0 saturated heterocycles. The topological polar surface area (TPSA) is 62.2 Å². The molecule has 1 heterocycles. The average molecular weight is 270 g/mol. The second kappa shape index (κ2) is 5.49. The summed E-state index contributed by atoms with van der Waals surface area (Å²) in [6, 6.07) is 9.36. The lowest BCUT2D eigenvalue weighted by molar-refractivity contribution is 0.0691. The number of carboxylic acid groups (broad SMARTS) is 1. The van der Waals surface area contributed by atoms with Gasteiger partial charge in [0.05, 0.1) is 0 Å². The third kappa shape index (κ3) is 2.59. The number of hydrogen-bond donors (Lipinski definition) is 2. The van der Waals surface area contributed by atoms with E-state index < -0.39 is 5.97 Å². The van der Waals surface area contributed by atoms with Gasteiger partial charge in [0, 0.05) is 11.9 Å². The maximum Gasteiger partial charge on any atom is 0.354 e. The van der Waals surface area contributed by atoms with E-state index in [1.54, 1.807) is 6.07 Å². The minimum atomic E-state index is -0.988. The van der Waals surface area contributed by atoms with Crippen molar-refractivity contribution in [1.29, 1.82) is 0 Å². The summed E-state index contributed by atoms with van der Waals surface area (Å²) in [5.41, 5.74) is 0.0924. The lowest BCUT2D eigenvalue weighted by atomic mass is 9.83. The van der Waals surface area contributed by atoms with Crippen LogP contribution >= 0.6 is 0 Å². The number of carbonyl (C=O) groups is 1. The molecule has 0 spiro atoms. The molecule has 4 heteroatoms. The van der Waals surface area contributed by atoms with Gasteiger partial charge < -0.3 is 10.4 Å². The number of aromatic nitrogens is 1. The van der Waals surface area contributed by atoms with Crippen molar-refractivity contribution in [3.63, 3.8) is 0 Å². The summed E-state index contributed by atoms with van der Waals surface area (Å²) in [6.07, 6.45) is 5.13. The average Bonchev–Trinajstić information content (AvgIpc) is 2.41. The molecule has 1 aromatic heterocycles. The first kappa shape index (κ1) is 12.9. The van der Waals surface area contributed by atoms with Crippen LogP contribution in [0.25, 0.3) is 10.8 Å². The van der Waals surface area contributed by atoms with Crippen molar-refractivity contribution in [2.45, 2.75) is 25.7 Å². The minimum Gasteiger partial charge on any atom is -0.477 e. The molecular weight excluding hydrogens is 252 g/mol. The third-order valence-electron chi connectivity index (χ3n) is 4.03. The highest BCUT2D eigenvalue weighted by Gasteiger charge is 2.17. The molecule has 2 N–H and O–H groups in total. The van der Waals surface area contributed by atoms with Gasteiger partial charge in [-0.25, -0.2) is 9.78 Å². The van der Waals surface area contributed by atoms with E-state index in [-0.39, 0.29) is 5.69 Å². The second-order valence-corrected chi connectivity index (χ2v) is 5.39. The Morgan fingerprint density at radius 3 is 2.85 bits per heavy atom. The maximum atomic E-state index is 11.1. The number of hydrogen-bond acceptors (Lipinski definition) is 3. The largest absolute Gasteiger partial charge is 0.477 e. The number of benzene rings is 1. The van der Waals surface area contributed by atoms with Crippen molar-refractivity contribution in [3.05, 3.63) is 36.0 Å². The van der Waals surface area contributed by atoms with E-state index >= 15 is 0 Å². The van der Waals surface area contributed by atoms with Crippen LogP contribution in [0, 0.1) is 5.92 Å². The smallest absolute Gasteiger partial charge is 0.354 e. The van der Waals surface area contributed by atoms with E-state index in [1.807, 2.05) is 24.3 Å². The first-order valence-electron chi connectivity index (χ1n) is 7.11. The standard InChI is InChI=1S/C16H18N2O2/c19-16(20)14-10-12-6-1-2-7-13(12)15(18-14)17-9-8-11-4-3-5-11/h1-2,6-7,10-11H,3-5,8-9H2,(H,17,18)(H,19,20). The van der Waals surface area contributed by atoms with Gasteiger partial charge in [-0.2, -0.15) is 0 Å². The Morgan fingerprint density at radius 1 is 1.35 bits per heavy atom. The number of rotatable bonds is 5. The number of nitrogens with one attached hydrogen (secondary N) is 1. The van der Waals surface area contributed by atoms with Gasteiger partial charge in [0.25, 0.3) is 0 Å². The fourth-order valence-corrected chi connectivity index (χ4v) is 2.62. The predicted molar refractivity (Wildman–Crippen MR) is 79.2 cm³/mol. The van der Waals surface area contributed by atoms with Crippen LogP contribution in [0.1, 0.15) is 36.2 Å². The zero-order chi connectivity index (χ0) is 13.9. The van der Waals surface area contributed by atoms with Crippen LogP contribution in [0.2, 0.25) is 0 Å². The van der Waals surface area contributed by atoms with Crippen molar-refractivity contribution >= 4 is 22.6 Å². The number of fused-ring (bicyclic) bond motifs is 1. The Bertz CT molecular complexity index is 635. The summed E-state index contributed by atoms with van der Waals surface area (Å²) in [6.45, 7) is 0.852. The molecule has 1 saturated carbocycles. The van der Waals surface area contributed by atoms with Gasteiger partial charge in [-0.1, -0.05) is 43.5 Å². The first-order valence-corrected chi connectivity index (χ1v) is 7.11. The molecule has 0 amide bonds. The van der Waals surface area contributed by atoms with E-state index in [2.05, 4.69) is 10.3 Å². The molecule has 20 heavy (non-hydrogen) atoms. The molecule has 1 aromatic carbocycles. The highest BCUT2D eigenvalue weighted by Crippen LogP contribution is 2.29. The van der Waals surface area contributed by atoms with E-state index in [0.29, 0.717) is 5.82 Å². The highest BCUT2D eigenvalue weighted by molar-refractivity contribution is 5.97. The molecule has 2 aromatic rings. The summed E-state index contributed by atoms with van der Waals surface area (Å²) in [5.74, 6) is 0.522. The van der Waals surface area contributed by atoms with E-state index in [1.165, 1.54) is 19.3 Å². The molecule has 1 fully saturated rings. The quantitative estimate of drug-likeness (QED) is 0.872. The second-order valence-electron chi connectivity index (χ2n) is 5.39. The van der Waals surface area contributed by atoms with Gasteiger partial charge in [0.15, 0.2) is 5.69 Å². The van der Waals surface area contributed by atoms with Crippen molar-refractivity contribution in [3.8, 4) is 0 Å². The van der Waals surface area contributed by atoms with Gasteiger partial charge in [-0.3, -0.25) is 0 Å². The fraction of sp³-hybridized carbons (Fsp3) is 0.375. The minimum absolute atomic E-state index is 0.0924. The summed E-state index contributed by atoms with van der Waals surface area (Å²) in [5, 5.41) is 14.3. The van der Waals surface area contributed by atoms with Crippen LogP contribution in [-0.2, 0) is 0 Å². The highest BCUT2D eigenvalue weighted by atomic mass is 16.4. The number of carboxylic acids is 1. The fourth-order valence-electron chi connectivity index (χ4n) is 2.62. The van der Waals surface area contributed by atoms with E-state index in [9.17, 15) is 4.79 Å². The molecule has 1 aliphatic carbocycles. The zero-order valence-electron chi connectivity index (χ0n) is 11.3. The molecule has 1 aliphatic rings. The maximum absolute atomic E-state index is 11.1. The number of aromatic carboxylic acids is 1. The van der Waals surface area contributed by atoms with Crippen molar-refractivity contribution < 1.29 is 9.90 Å². The van der Waals surface area contributed by atoms with Crippen molar-refractivity contribution in [2.75, 3.05) is 11.9 Å². The molecular formula is C16H18N2O2. The Kier molecular flexibility index (Phi) is 3.54. The van der Waals surface area contributed by atoms with Crippen LogP contribution in [0.5, 0.6) is 0 Å². The van der Waals surface area contributed by atoms with Crippen molar-refractivity contribution in [2.24, 2.45) is 5.92 Å². The van der Waals surface area contributed by atoms with Gasteiger partial charge in [-0.15, -0.1) is 0 Å². The Balaban J connectivity index is 1.84. The third-order valence-corrected chi connectivity index (χ3v) is 4.03. The van der Waals surface area contributed by atoms with Gasteiger partial charge in [-0.05, 0) is 23.8 Å². The number of pyridine rings is 1.